The molecule has 0 N–H and O–H groups in total. The summed E-state index contributed by atoms with van der Waals surface area (Å²) in [6, 6.07) is 12.6. The Morgan fingerprint density at radius 2 is 1.93 bits per heavy atom. The monoisotopic (exact) mass is 385 g/mol. The second kappa shape index (κ2) is 6.90. The molecule has 1 aromatic carbocycles. The van der Waals surface area contributed by atoms with Crippen molar-refractivity contribution in [2.45, 2.75) is 13.5 Å². The third-order valence-electron chi connectivity index (χ3n) is 5.85. The molecule has 1 saturated heterocycles. The average molecular weight is 385 g/mol. The minimum Gasteiger partial charge on any atom is -0.355 e. The zero-order valence-electron chi connectivity index (χ0n) is 16.7. The summed E-state index contributed by atoms with van der Waals surface area (Å²) in [4.78, 5) is 14.1. The molecule has 1 fully saturated rings. The first-order chi connectivity index (χ1) is 14.2. The van der Waals surface area contributed by atoms with Crippen LogP contribution in [-0.2, 0) is 13.6 Å². The van der Waals surface area contributed by atoms with Gasteiger partial charge in [0.1, 0.15) is 17.7 Å². The van der Waals surface area contributed by atoms with E-state index in [0.29, 0.717) is 5.56 Å². The van der Waals surface area contributed by atoms with Gasteiger partial charge in [0.25, 0.3) is 0 Å². The van der Waals surface area contributed by atoms with Crippen LogP contribution in [0.25, 0.3) is 16.7 Å². The molecule has 1 aliphatic rings. The maximum atomic E-state index is 9.69. The molecule has 5 rings (SSSR count). The molecule has 0 unspecified atom stereocenters. The number of benzene rings is 1. The highest BCUT2D eigenvalue weighted by Gasteiger charge is 2.23. The molecule has 4 heterocycles. The molecular formula is C22H23N7. The number of rotatable bonds is 3. The summed E-state index contributed by atoms with van der Waals surface area (Å²) in [6.07, 6.45) is 3.85. The van der Waals surface area contributed by atoms with Crippen molar-refractivity contribution in [2.24, 2.45) is 7.05 Å². The van der Waals surface area contributed by atoms with Gasteiger partial charge < -0.3 is 9.47 Å². The highest BCUT2D eigenvalue weighted by Crippen LogP contribution is 2.29. The van der Waals surface area contributed by atoms with Crippen molar-refractivity contribution in [1.82, 2.24) is 23.8 Å². The highest BCUT2D eigenvalue weighted by molar-refractivity contribution is 5.85. The topological polar surface area (TPSA) is 65.4 Å². The maximum absolute atomic E-state index is 9.69. The summed E-state index contributed by atoms with van der Waals surface area (Å²) in [6.45, 7) is 6.67. The first-order valence-corrected chi connectivity index (χ1v) is 9.90. The Labute approximate surface area is 169 Å². The molecule has 0 spiro atoms. The van der Waals surface area contributed by atoms with Crippen LogP contribution in [0.5, 0.6) is 0 Å². The van der Waals surface area contributed by atoms with Gasteiger partial charge in [-0.25, -0.2) is 9.97 Å². The number of aryl methyl sites for hydroxylation is 2. The fourth-order valence-electron chi connectivity index (χ4n) is 4.19. The van der Waals surface area contributed by atoms with Gasteiger partial charge in [-0.15, -0.1) is 0 Å². The zero-order chi connectivity index (χ0) is 20.0. The van der Waals surface area contributed by atoms with Crippen LogP contribution in [0.3, 0.4) is 0 Å². The van der Waals surface area contributed by atoms with Crippen LogP contribution in [-0.4, -0.2) is 50.0 Å². The summed E-state index contributed by atoms with van der Waals surface area (Å²) in [5.41, 5.74) is 4.34. The fourth-order valence-corrected chi connectivity index (χ4v) is 4.19. The molecule has 3 aromatic heterocycles. The number of hydrogen-bond acceptors (Lipinski definition) is 5. The van der Waals surface area contributed by atoms with Crippen LogP contribution < -0.4 is 4.90 Å². The highest BCUT2D eigenvalue weighted by atomic mass is 15.3. The Balaban J connectivity index is 1.49. The first-order valence-electron chi connectivity index (χ1n) is 9.90. The third kappa shape index (κ3) is 2.93. The fraction of sp³-hybridized carbons (Fsp3) is 0.318. The summed E-state index contributed by atoms with van der Waals surface area (Å²) in [5, 5.41) is 9.69. The number of hydrogen-bond donors (Lipinski definition) is 0. The molecule has 0 saturated carbocycles. The van der Waals surface area contributed by atoms with Gasteiger partial charge in [-0.1, -0.05) is 12.1 Å². The minimum atomic E-state index is 0.651. The Kier molecular flexibility index (Phi) is 4.22. The van der Waals surface area contributed by atoms with E-state index in [0.717, 1.165) is 66.6 Å². The molecule has 146 valence electrons. The Morgan fingerprint density at radius 1 is 1.14 bits per heavy atom. The molecule has 29 heavy (non-hydrogen) atoms. The van der Waals surface area contributed by atoms with Crippen molar-refractivity contribution in [3.63, 3.8) is 0 Å². The van der Waals surface area contributed by atoms with E-state index in [2.05, 4.69) is 42.0 Å². The van der Waals surface area contributed by atoms with E-state index in [1.165, 1.54) is 0 Å². The number of anilines is 1. The van der Waals surface area contributed by atoms with Crippen LogP contribution in [0.4, 0.5) is 5.82 Å². The molecule has 0 bridgehead atoms. The number of pyridine rings is 1. The number of piperazine rings is 1. The Morgan fingerprint density at radius 3 is 2.66 bits per heavy atom. The van der Waals surface area contributed by atoms with Gasteiger partial charge in [-0.2, -0.15) is 5.26 Å². The lowest BCUT2D eigenvalue weighted by molar-refractivity contribution is 0.241. The van der Waals surface area contributed by atoms with E-state index >= 15 is 0 Å². The number of imidazole rings is 2. The van der Waals surface area contributed by atoms with Gasteiger partial charge in [0.05, 0.1) is 23.1 Å². The molecule has 7 heteroatoms. The summed E-state index contributed by atoms with van der Waals surface area (Å²) < 4.78 is 4.23. The van der Waals surface area contributed by atoms with Crippen LogP contribution in [0.2, 0.25) is 0 Å². The van der Waals surface area contributed by atoms with Crippen LogP contribution in [0.1, 0.15) is 17.0 Å². The van der Waals surface area contributed by atoms with Crippen molar-refractivity contribution in [3.8, 4) is 6.07 Å². The van der Waals surface area contributed by atoms with Crippen molar-refractivity contribution in [3.05, 3.63) is 59.7 Å². The molecule has 0 aliphatic carbocycles. The summed E-state index contributed by atoms with van der Waals surface area (Å²) in [7, 11) is 2.04. The molecule has 4 aromatic rings. The molecule has 0 radical (unpaired) electrons. The van der Waals surface area contributed by atoms with Gasteiger partial charge in [-0.05, 0) is 30.7 Å². The number of nitrogens with zero attached hydrogens (tertiary/aromatic N) is 7. The van der Waals surface area contributed by atoms with Gasteiger partial charge in [0.15, 0.2) is 5.65 Å². The number of fused-ring (bicyclic) bond motifs is 3. The standard InChI is InChI=1S/C22H23N7/c1-16-13-21(28-11-9-27(10-12-28)15-20-24-7-8-26(20)2)29-19-6-4-3-5-18(19)25-22(29)17(16)14-23/h3-8,13H,9-12,15H2,1-2H3. The van der Waals surface area contributed by atoms with Gasteiger partial charge >= 0.3 is 0 Å². The lowest BCUT2D eigenvalue weighted by atomic mass is 10.1. The van der Waals surface area contributed by atoms with E-state index in [1.54, 1.807) is 0 Å². The minimum absolute atomic E-state index is 0.651. The van der Waals surface area contributed by atoms with Crippen LogP contribution >= 0.6 is 0 Å². The van der Waals surface area contributed by atoms with Gasteiger partial charge in [0.2, 0.25) is 0 Å². The van der Waals surface area contributed by atoms with Gasteiger partial charge in [-0.3, -0.25) is 9.30 Å². The summed E-state index contributed by atoms with van der Waals surface area (Å²) >= 11 is 0. The number of nitriles is 1. The van der Waals surface area contributed by atoms with E-state index in [9.17, 15) is 5.26 Å². The Hall–Kier alpha value is -3.37. The lowest BCUT2D eigenvalue weighted by Crippen LogP contribution is -2.46. The zero-order valence-corrected chi connectivity index (χ0v) is 16.7. The van der Waals surface area contributed by atoms with E-state index in [1.807, 2.05) is 44.6 Å². The largest absolute Gasteiger partial charge is 0.355 e. The Bertz CT molecular complexity index is 1240. The first kappa shape index (κ1) is 17.7. The van der Waals surface area contributed by atoms with Crippen LogP contribution in [0.15, 0.2) is 42.7 Å². The second-order valence-electron chi connectivity index (χ2n) is 7.65. The lowest BCUT2D eigenvalue weighted by Gasteiger charge is -2.36. The van der Waals surface area contributed by atoms with E-state index in [-0.39, 0.29) is 0 Å². The average Bonchev–Trinajstić information content (AvgIpc) is 3.31. The van der Waals surface area contributed by atoms with Crippen molar-refractivity contribution in [1.29, 1.82) is 5.26 Å². The van der Waals surface area contributed by atoms with E-state index in [4.69, 9.17) is 4.98 Å². The van der Waals surface area contributed by atoms with Crippen molar-refractivity contribution >= 4 is 22.5 Å². The predicted octanol–water partition coefficient (Wildman–Crippen LogP) is 2.72. The van der Waals surface area contributed by atoms with Crippen molar-refractivity contribution in [2.75, 3.05) is 31.1 Å². The molecular weight excluding hydrogens is 362 g/mol. The molecule has 0 amide bonds. The SMILES string of the molecule is Cc1cc(N2CCN(Cc3nccn3C)CC2)n2c(nc3ccccc32)c1C#N. The summed E-state index contributed by atoms with van der Waals surface area (Å²) in [5.74, 6) is 2.21. The van der Waals surface area contributed by atoms with E-state index < -0.39 is 0 Å². The second-order valence-corrected chi connectivity index (χ2v) is 7.65. The molecule has 1 aliphatic heterocycles. The number of aromatic nitrogens is 4. The third-order valence-corrected chi connectivity index (χ3v) is 5.85. The van der Waals surface area contributed by atoms with Crippen LogP contribution in [0, 0.1) is 18.3 Å². The molecule has 0 atom stereocenters. The predicted molar refractivity (Wildman–Crippen MR) is 113 cm³/mol. The smallest absolute Gasteiger partial charge is 0.157 e. The van der Waals surface area contributed by atoms with Gasteiger partial charge in [0, 0.05) is 45.6 Å². The molecule has 7 nitrogen and oxygen atoms in total. The normalized spacial score (nSPS) is 15.3. The van der Waals surface area contributed by atoms with Crippen molar-refractivity contribution < 1.29 is 0 Å². The number of para-hydroxylation sites is 2. The quantitative estimate of drug-likeness (QED) is 0.543. The maximum Gasteiger partial charge on any atom is 0.157 e.